The molecule has 118 valence electrons. The van der Waals surface area contributed by atoms with Crippen LogP contribution in [0.4, 0.5) is 5.69 Å². The van der Waals surface area contributed by atoms with E-state index in [0.29, 0.717) is 6.04 Å². The minimum absolute atomic E-state index is 0.587. The van der Waals surface area contributed by atoms with Gasteiger partial charge in [-0.2, -0.15) is 0 Å². The van der Waals surface area contributed by atoms with Gasteiger partial charge >= 0.3 is 0 Å². The summed E-state index contributed by atoms with van der Waals surface area (Å²) < 4.78 is 0. The Balaban J connectivity index is 1.26. The highest BCUT2D eigenvalue weighted by atomic mass is 35.5. The molecule has 22 heavy (non-hydrogen) atoms. The number of quaternary nitrogens is 1. The van der Waals surface area contributed by atoms with Crippen molar-refractivity contribution in [2.45, 2.75) is 31.7 Å². The molecule has 3 heteroatoms. The summed E-state index contributed by atoms with van der Waals surface area (Å²) in [5.41, 5.74) is 1.09. The Bertz CT molecular complexity index is 548. The van der Waals surface area contributed by atoms with E-state index in [1.54, 1.807) is 0 Å². The fraction of sp³-hybridized carbons (Fsp3) is 0.579. The smallest absolute Gasteiger partial charge is 0.0805 e. The fourth-order valence-corrected chi connectivity index (χ4v) is 4.86. The first kappa shape index (κ1) is 14.6. The molecule has 3 aliphatic rings. The van der Waals surface area contributed by atoms with Crippen molar-refractivity contribution in [3.05, 3.63) is 41.4 Å². The maximum absolute atomic E-state index is 6.25. The van der Waals surface area contributed by atoms with Crippen LogP contribution in [0.25, 0.3) is 0 Å². The Kier molecular flexibility index (Phi) is 4.15. The quantitative estimate of drug-likeness (QED) is 0.816. The lowest BCUT2D eigenvalue weighted by atomic mass is 9.92. The second-order valence-corrected chi connectivity index (χ2v) is 7.80. The van der Waals surface area contributed by atoms with Gasteiger partial charge in [0.05, 0.1) is 30.3 Å². The molecule has 2 N–H and O–H groups in total. The molecule has 3 atom stereocenters. The molecule has 0 unspecified atom stereocenters. The lowest BCUT2D eigenvalue weighted by Crippen LogP contribution is -3.14. The molecule has 0 aromatic heterocycles. The normalized spacial score (nSPS) is 36.7. The monoisotopic (exact) mass is 317 g/mol. The van der Waals surface area contributed by atoms with E-state index in [1.807, 2.05) is 17.0 Å². The Morgan fingerprint density at radius 1 is 1.09 bits per heavy atom. The van der Waals surface area contributed by atoms with Crippen molar-refractivity contribution in [2.24, 2.45) is 17.8 Å². The third-order valence-corrected chi connectivity index (χ3v) is 6.22. The first-order valence-electron chi connectivity index (χ1n) is 8.81. The number of para-hydroxylation sites is 1. The number of hydrogen-bond acceptors (Lipinski definition) is 1. The number of fused-ring (bicyclic) bond motifs is 2. The van der Waals surface area contributed by atoms with E-state index < -0.39 is 0 Å². The van der Waals surface area contributed by atoms with E-state index in [2.05, 4.69) is 29.6 Å². The number of anilines is 1. The molecule has 1 aliphatic heterocycles. The van der Waals surface area contributed by atoms with Crippen molar-refractivity contribution in [3.63, 3.8) is 0 Å². The van der Waals surface area contributed by atoms with Crippen LogP contribution in [0.5, 0.6) is 0 Å². The zero-order valence-electron chi connectivity index (χ0n) is 13.1. The summed E-state index contributed by atoms with van der Waals surface area (Å²) in [5, 5.41) is 4.47. The van der Waals surface area contributed by atoms with Crippen molar-refractivity contribution in [3.8, 4) is 0 Å². The lowest BCUT2D eigenvalue weighted by molar-refractivity contribution is -0.908. The Hall–Kier alpha value is -0.990. The Morgan fingerprint density at radius 2 is 1.91 bits per heavy atom. The van der Waals surface area contributed by atoms with Gasteiger partial charge < -0.3 is 10.2 Å². The number of hydrogen-bond donors (Lipinski definition) is 2. The van der Waals surface area contributed by atoms with E-state index in [9.17, 15) is 0 Å². The molecule has 2 fully saturated rings. The van der Waals surface area contributed by atoms with Crippen LogP contribution < -0.4 is 10.2 Å². The molecule has 0 amide bonds. The molecular weight excluding hydrogens is 292 g/mol. The molecule has 1 aromatic carbocycles. The maximum Gasteiger partial charge on any atom is 0.0805 e. The van der Waals surface area contributed by atoms with Gasteiger partial charge in [-0.15, -0.1) is 0 Å². The molecule has 1 saturated carbocycles. The Morgan fingerprint density at radius 3 is 2.59 bits per heavy atom. The highest BCUT2D eigenvalue weighted by molar-refractivity contribution is 6.33. The van der Waals surface area contributed by atoms with Crippen molar-refractivity contribution >= 4 is 17.3 Å². The van der Waals surface area contributed by atoms with Crippen LogP contribution in [0.3, 0.4) is 0 Å². The van der Waals surface area contributed by atoms with Gasteiger partial charge in [-0.3, -0.25) is 0 Å². The van der Waals surface area contributed by atoms with Crippen molar-refractivity contribution < 1.29 is 4.90 Å². The fourth-order valence-electron chi connectivity index (χ4n) is 4.67. The number of piperidine rings is 1. The van der Waals surface area contributed by atoms with Crippen LogP contribution >= 0.6 is 11.6 Å². The van der Waals surface area contributed by atoms with Crippen LogP contribution in [-0.2, 0) is 0 Å². The molecule has 0 spiro atoms. The first-order valence-corrected chi connectivity index (χ1v) is 9.18. The molecule has 0 radical (unpaired) electrons. The third kappa shape index (κ3) is 3.04. The van der Waals surface area contributed by atoms with E-state index in [-0.39, 0.29) is 0 Å². The number of halogens is 1. The highest BCUT2D eigenvalue weighted by Gasteiger charge is 2.38. The predicted molar refractivity (Wildman–Crippen MR) is 92.5 cm³/mol. The average Bonchev–Trinajstić information content (AvgIpc) is 3.14. The Labute approximate surface area is 138 Å². The third-order valence-electron chi connectivity index (χ3n) is 5.89. The highest BCUT2D eigenvalue weighted by Crippen LogP contribution is 2.42. The first-order chi connectivity index (χ1) is 10.8. The van der Waals surface area contributed by atoms with Gasteiger partial charge in [0.2, 0.25) is 0 Å². The standard InChI is InChI=1S/C19H25ClN2/c20-18-3-1-2-4-19(18)21-17-7-9-22(10-8-17)13-16-12-14-5-6-15(16)11-14/h1-6,14-17,21H,7-13H2/p+1/t14-,15-,16+/m0/s1. The number of nitrogens with one attached hydrogen (secondary N) is 2. The molecule has 1 aromatic rings. The molecule has 2 nitrogen and oxygen atoms in total. The number of likely N-dealkylation sites (tertiary alicyclic amines) is 1. The molecular formula is C19H26ClN2+. The average molecular weight is 318 g/mol. The van der Waals surface area contributed by atoms with Crippen LogP contribution in [0.15, 0.2) is 36.4 Å². The number of allylic oxidation sites excluding steroid dienone is 2. The zero-order valence-corrected chi connectivity index (χ0v) is 13.9. The minimum Gasteiger partial charge on any atom is -0.381 e. The zero-order chi connectivity index (χ0) is 14.9. The van der Waals surface area contributed by atoms with Crippen molar-refractivity contribution in [2.75, 3.05) is 25.0 Å². The summed E-state index contributed by atoms with van der Waals surface area (Å²) in [5.74, 6) is 2.77. The second kappa shape index (κ2) is 6.25. The van der Waals surface area contributed by atoms with Gasteiger partial charge in [-0.1, -0.05) is 35.9 Å². The maximum atomic E-state index is 6.25. The molecule has 2 aliphatic carbocycles. The summed E-state index contributed by atoms with van der Waals surface area (Å²) in [7, 11) is 0. The van der Waals surface area contributed by atoms with E-state index >= 15 is 0 Å². The van der Waals surface area contributed by atoms with Gasteiger partial charge in [0, 0.05) is 24.8 Å². The summed E-state index contributed by atoms with van der Waals surface area (Å²) in [4.78, 5) is 1.82. The summed E-state index contributed by atoms with van der Waals surface area (Å²) in [6, 6.07) is 8.68. The van der Waals surface area contributed by atoms with Gasteiger partial charge in [-0.25, -0.2) is 0 Å². The van der Waals surface area contributed by atoms with Gasteiger partial charge in [0.25, 0.3) is 0 Å². The van der Waals surface area contributed by atoms with Gasteiger partial charge in [0.1, 0.15) is 0 Å². The number of benzene rings is 1. The number of rotatable bonds is 4. The summed E-state index contributed by atoms with van der Waals surface area (Å²) in [6.45, 7) is 4.00. The largest absolute Gasteiger partial charge is 0.381 e. The minimum atomic E-state index is 0.587. The molecule has 1 saturated heterocycles. The summed E-state index contributed by atoms with van der Waals surface area (Å²) >= 11 is 6.25. The van der Waals surface area contributed by atoms with Crippen LogP contribution in [0.1, 0.15) is 25.7 Å². The van der Waals surface area contributed by atoms with Crippen molar-refractivity contribution in [1.82, 2.24) is 0 Å². The second-order valence-electron chi connectivity index (χ2n) is 7.39. The van der Waals surface area contributed by atoms with Crippen LogP contribution in [0.2, 0.25) is 5.02 Å². The van der Waals surface area contributed by atoms with Crippen LogP contribution in [0, 0.1) is 17.8 Å². The predicted octanol–water partition coefficient (Wildman–Crippen LogP) is 3.01. The topological polar surface area (TPSA) is 16.5 Å². The lowest BCUT2D eigenvalue weighted by Gasteiger charge is -2.33. The molecule has 4 rings (SSSR count). The van der Waals surface area contributed by atoms with Crippen LogP contribution in [-0.4, -0.2) is 25.7 Å². The summed E-state index contributed by atoms with van der Waals surface area (Å²) in [6.07, 6.45) is 10.4. The SMILES string of the molecule is Clc1ccccc1NC1CC[NH+](C[C@H]2C[C@H]3C=C[C@H]2C3)CC1. The van der Waals surface area contributed by atoms with E-state index in [0.717, 1.165) is 28.5 Å². The van der Waals surface area contributed by atoms with E-state index in [4.69, 9.17) is 11.6 Å². The molecule has 2 bridgehead atoms. The van der Waals surface area contributed by atoms with Crippen molar-refractivity contribution in [1.29, 1.82) is 0 Å². The van der Waals surface area contributed by atoms with Gasteiger partial charge in [0.15, 0.2) is 0 Å². The van der Waals surface area contributed by atoms with E-state index in [1.165, 1.54) is 45.3 Å². The molecule has 1 heterocycles. The van der Waals surface area contributed by atoms with Gasteiger partial charge in [-0.05, 0) is 36.8 Å².